The van der Waals surface area contributed by atoms with Gasteiger partial charge in [-0.15, -0.1) is 0 Å². The summed E-state index contributed by atoms with van der Waals surface area (Å²) in [5.74, 6) is 2.59. The zero-order valence-corrected chi connectivity index (χ0v) is 18.6. The minimum absolute atomic E-state index is 0.0448. The highest BCUT2D eigenvalue weighted by Gasteiger charge is 2.30. The number of piperidine rings is 1. The number of rotatable bonds is 5. The van der Waals surface area contributed by atoms with Gasteiger partial charge in [0.25, 0.3) is 0 Å². The molecular weight excluding hydrogens is 372 g/mol. The average Bonchev–Trinajstić information content (AvgIpc) is 2.78. The molecule has 0 radical (unpaired) electrons. The fourth-order valence-corrected chi connectivity index (χ4v) is 4.77. The van der Waals surface area contributed by atoms with E-state index in [4.69, 9.17) is 9.97 Å². The molecule has 2 aromatic rings. The molecule has 0 saturated carbocycles. The van der Waals surface area contributed by atoms with Crippen LogP contribution in [0, 0.1) is 12.8 Å². The number of carbonyl (C=O) groups is 1. The van der Waals surface area contributed by atoms with Crippen LogP contribution in [0.5, 0.6) is 0 Å². The topological polar surface area (TPSA) is 49.3 Å². The third-order valence-corrected chi connectivity index (χ3v) is 6.47. The molecule has 160 valence electrons. The second-order valence-corrected chi connectivity index (χ2v) is 9.07. The van der Waals surface area contributed by atoms with Crippen molar-refractivity contribution in [1.29, 1.82) is 0 Å². The van der Waals surface area contributed by atoms with Gasteiger partial charge in [-0.3, -0.25) is 4.79 Å². The number of anilines is 1. The van der Waals surface area contributed by atoms with E-state index < -0.39 is 0 Å². The fraction of sp³-hybridized carbons (Fsp3) is 0.560. The van der Waals surface area contributed by atoms with E-state index in [0.717, 1.165) is 75.6 Å². The number of fused-ring (bicyclic) bond motifs is 1. The molecule has 0 bridgehead atoms. The molecule has 3 heterocycles. The fourth-order valence-electron chi connectivity index (χ4n) is 4.77. The maximum absolute atomic E-state index is 12.5. The van der Waals surface area contributed by atoms with Gasteiger partial charge in [-0.05, 0) is 44.6 Å². The monoisotopic (exact) mass is 406 g/mol. The van der Waals surface area contributed by atoms with Crippen molar-refractivity contribution < 1.29 is 4.79 Å². The van der Waals surface area contributed by atoms with Crippen LogP contribution < -0.4 is 4.90 Å². The summed E-state index contributed by atoms with van der Waals surface area (Å²) in [6, 6.07) is 10.7. The Morgan fingerprint density at radius 3 is 2.70 bits per heavy atom. The SMILES string of the molecule is Cc1nc(C2CCCN(C(=O)C(C)C)C2)nc2c1CCCN2CCc1ccccc1. The third kappa shape index (κ3) is 4.50. The van der Waals surface area contributed by atoms with Crippen LogP contribution in [0.4, 0.5) is 5.82 Å². The Hall–Kier alpha value is -2.43. The van der Waals surface area contributed by atoms with Gasteiger partial charge < -0.3 is 9.80 Å². The third-order valence-electron chi connectivity index (χ3n) is 6.47. The lowest BCUT2D eigenvalue weighted by Gasteiger charge is -2.35. The van der Waals surface area contributed by atoms with Gasteiger partial charge in [0.05, 0.1) is 0 Å². The lowest BCUT2D eigenvalue weighted by Crippen LogP contribution is -2.42. The van der Waals surface area contributed by atoms with Crippen molar-refractivity contribution in [2.75, 3.05) is 31.1 Å². The van der Waals surface area contributed by atoms with Crippen LogP contribution in [0.2, 0.25) is 0 Å². The standard InChI is InChI=1S/C25H34N4O/c1-18(2)25(30)29-15-7-11-21(17-29)23-26-19(3)22-12-8-14-28(24(22)27-23)16-13-20-9-5-4-6-10-20/h4-6,9-10,18,21H,7-8,11-17H2,1-3H3. The lowest BCUT2D eigenvalue weighted by molar-refractivity contribution is -0.135. The van der Waals surface area contributed by atoms with E-state index in [2.05, 4.69) is 42.2 Å². The van der Waals surface area contributed by atoms with Crippen molar-refractivity contribution >= 4 is 11.7 Å². The van der Waals surface area contributed by atoms with Crippen LogP contribution in [0.3, 0.4) is 0 Å². The van der Waals surface area contributed by atoms with Gasteiger partial charge in [0.2, 0.25) is 5.91 Å². The Kier molecular flexibility index (Phi) is 6.35. The minimum atomic E-state index is 0.0448. The van der Waals surface area contributed by atoms with E-state index in [1.54, 1.807) is 0 Å². The van der Waals surface area contributed by atoms with Gasteiger partial charge in [0.1, 0.15) is 11.6 Å². The number of carbonyl (C=O) groups excluding carboxylic acids is 1. The number of hydrogen-bond donors (Lipinski definition) is 0. The smallest absolute Gasteiger partial charge is 0.225 e. The van der Waals surface area contributed by atoms with Gasteiger partial charge in [-0.1, -0.05) is 44.2 Å². The second kappa shape index (κ2) is 9.15. The van der Waals surface area contributed by atoms with Crippen LogP contribution in [0.15, 0.2) is 30.3 Å². The average molecular weight is 407 g/mol. The largest absolute Gasteiger partial charge is 0.356 e. The Balaban J connectivity index is 1.55. The molecule has 2 aliphatic rings. The summed E-state index contributed by atoms with van der Waals surface area (Å²) in [5, 5.41) is 0. The summed E-state index contributed by atoms with van der Waals surface area (Å²) in [7, 11) is 0. The highest BCUT2D eigenvalue weighted by atomic mass is 16.2. The van der Waals surface area contributed by atoms with E-state index in [0.29, 0.717) is 0 Å². The van der Waals surface area contributed by atoms with Gasteiger partial charge in [0, 0.05) is 49.3 Å². The molecule has 1 saturated heterocycles. The van der Waals surface area contributed by atoms with E-state index in [1.165, 1.54) is 11.1 Å². The summed E-state index contributed by atoms with van der Waals surface area (Å²) in [4.78, 5) is 27.0. The zero-order valence-electron chi connectivity index (χ0n) is 18.6. The first kappa shape index (κ1) is 20.8. The van der Waals surface area contributed by atoms with Crippen molar-refractivity contribution in [3.05, 3.63) is 53.0 Å². The number of aromatic nitrogens is 2. The Morgan fingerprint density at radius 1 is 1.13 bits per heavy atom. The predicted octanol–water partition coefficient (Wildman–Crippen LogP) is 4.14. The Bertz CT molecular complexity index is 880. The summed E-state index contributed by atoms with van der Waals surface area (Å²) < 4.78 is 0. The summed E-state index contributed by atoms with van der Waals surface area (Å²) >= 11 is 0. The van der Waals surface area contributed by atoms with E-state index >= 15 is 0 Å². The molecule has 2 aliphatic heterocycles. The summed E-state index contributed by atoms with van der Waals surface area (Å²) in [6.45, 7) is 9.74. The van der Waals surface area contributed by atoms with Crippen molar-refractivity contribution in [2.45, 2.75) is 58.8 Å². The molecule has 1 atom stereocenters. The number of likely N-dealkylation sites (tertiary alicyclic amines) is 1. The maximum atomic E-state index is 12.5. The molecule has 0 aliphatic carbocycles. The molecule has 0 spiro atoms. The molecule has 4 rings (SSSR count). The molecule has 1 amide bonds. The van der Waals surface area contributed by atoms with Crippen molar-refractivity contribution in [3.8, 4) is 0 Å². The quantitative estimate of drug-likeness (QED) is 0.749. The summed E-state index contributed by atoms with van der Waals surface area (Å²) in [5.41, 5.74) is 3.79. The molecule has 30 heavy (non-hydrogen) atoms. The van der Waals surface area contributed by atoms with Gasteiger partial charge in [-0.25, -0.2) is 9.97 Å². The number of aryl methyl sites for hydroxylation is 1. The number of benzene rings is 1. The lowest BCUT2D eigenvalue weighted by atomic mass is 9.95. The van der Waals surface area contributed by atoms with Gasteiger partial charge in [0.15, 0.2) is 0 Å². The normalized spacial score (nSPS) is 19.1. The highest BCUT2D eigenvalue weighted by molar-refractivity contribution is 5.78. The van der Waals surface area contributed by atoms with Gasteiger partial charge in [-0.2, -0.15) is 0 Å². The second-order valence-electron chi connectivity index (χ2n) is 9.07. The first-order valence-electron chi connectivity index (χ1n) is 11.5. The van der Waals surface area contributed by atoms with Gasteiger partial charge >= 0.3 is 0 Å². The van der Waals surface area contributed by atoms with E-state index in [-0.39, 0.29) is 17.7 Å². The van der Waals surface area contributed by atoms with Crippen molar-refractivity contribution in [1.82, 2.24) is 14.9 Å². The molecule has 1 fully saturated rings. The van der Waals surface area contributed by atoms with Crippen molar-refractivity contribution in [3.63, 3.8) is 0 Å². The minimum Gasteiger partial charge on any atom is -0.356 e. The van der Waals surface area contributed by atoms with Crippen LogP contribution in [-0.4, -0.2) is 47.0 Å². The number of hydrogen-bond acceptors (Lipinski definition) is 4. The van der Waals surface area contributed by atoms with E-state index in [1.807, 2.05) is 18.7 Å². The first-order valence-corrected chi connectivity index (χ1v) is 11.5. The van der Waals surface area contributed by atoms with Crippen LogP contribution in [0.25, 0.3) is 0 Å². The molecular formula is C25H34N4O. The summed E-state index contributed by atoms with van der Waals surface area (Å²) in [6.07, 6.45) is 5.33. The van der Waals surface area contributed by atoms with E-state index in [9.17, 15) is 4.79 Å². The molecule has 1 aromatic carbocycles. The Morgan fingerprint density at radius 2 is 1.93 bits per heavy atom. The van der Waals surface area contributed by atoms with Crippen molar-refractivity contribution in [2.24, 2.45) is 5.92 Å². The molecule has 1 aromatic heterocycles. The molecule has 0 N–H and O–H groups in total. The zero-order chi connectivity index (χ0) is 21.1. The maximum Gasteiger partial charge on any atom is 0.225 e. The number of amides is 1. The molecule has 5 heteroatoms. The van der Waals surface area contributed by atoms with Crippen LogP contribution in [-0.2, 0) is 17.6 Å². The highest BCUT2D eigenvalue weighted by Crippen LogP contribution is 2.32. The Labute approximate surface area is 180 Å². The molecule has 1 unspecified atom stereocenters. The predicted molar refractivity (Wildman–Crippen MR) is 121 cm³/mol. The van der Waals surface area contributed by atoms with Crippen LogP contribution >= 0.6 is 0 Å². The molecule has 5 nitrogen and oxygen atoms in total. The van der Waals surface area contributed by atoms with Crippen LogP contribution in [0.1, 0.15) is 61.7 Å². The first-order chi connectivity index (χ1) is 14.5. The number of nitrogens with zero attached hydrogens (tertiary/aromatic N) is 4.